The summed E-state index contributed by atoms with van der Waals surface area (Å²) < 4.78 is 53.2. The van der Waals surface area contributed by atoms with Gasteiger partial charge >= 0.3 is 12.3 Å². The number of alkyl halides is 4. The van der Waals surface area contributed by atoms with Gasteiger partial charge in [-0.25, -0.2) is 13.8 Å². The van der Waals surface area contributed by atoms with E-state index in [1.165, 1.54) is 0 Å². The number of anilines is 1. The molecule has 0 atom stereocenters. The zero-order valence-corrected chi connectivity index (χ0v) is 9.54. The summed E-state index contributed by atoms with van der Waals surface area (Å²) in [6.45, 7) is -0.0654. The van der Waals surface area contributed by atoms with Crippen molar-refractivity contribution in [2.24, 2.45) is 0 Å². The van der Waals surface area contributed by atoms with E-state index in [1.807, 2.05) is 0 Å². The van der Waals surface area contributed by atoms with Crippen LogP contribution in [0.4, 0.5) is 23.5 Å². The topological polar surface area (TPSA) is 73.9 Å². The van der Waals surface area contributed by atoms with Crippen molar-refractivity contribution >= 4 is 5.95 Å². The van der Waals surface area contributed by atoms with Crippen LogP contribution in [0.2, 0.25) is 0 Å². The maximum Gasteiger partial charge on any atom is 0.330 e. The number of halogens is 4. The third-order valence-corrected chi connectivity index (χ3v) is 1.91. The molecule has 0 aromatic carbocycles. The minimum atomic E-state index is -4.19. The van der Waals surface area contributed by atoms with Crippen LogP contribution in [0.15, 0.2) is 0 Å². The fourth-order valence-corrected chi connectivity index (χ4v) is 1.05. The first kappa shape index (κ1) is 14.6. The van der Waals surface area contributed by atoms with Crippen LogP contribution in [0.5, 0.6) is 0 Å². The largest absolute Gasteiger partial charge is 0.368 e. The molecule has 0 bridgehead atoms. The lowest BCUT2D eigenvalue weighted by molar-refractivity contribution is -0.168. The molecular weight excluding hydrogens is 256 g/mol. The molecule has 0 amide bonds. The molecule has 5 nitrogen and oxygen atoms in total. The summed E-state index contributed by atoms with van der Waals surface area (Å²) in [5, 5.41) is 0. The number of rotatable bonds is 6. The van der Waals surface area contributed by atoms with E-state index in [9.17, 15) is 17.6 Å². The Balaban J connectivity index is 2.56. The van der Waals surface area contributed by atoms with Crippen LogP contribution in [-0.4, -0.2) is 33.9 Å². The molecule has 2 N–H and O–H groups in total. The highest BCUT2D eigenvalue weighted by molar-refractivity contribution is 5.15. The number of ether oxygens (including phenoxy) is 1. The van der Waals surface area contributed by atoms with E-state index in [0.717, 1.165) is 0 Å². The second-order valence-electron chi connectivity index (χ2n) is 3.43. The third kappa shape index (κ3) is 4.06. The van der Waals surface area contributed by atoms with Gasteiger partial charge < -0.3 is 10.5 Å². The van der Waals surface area contributed by atoms with E-state index < -0.39 is 25.6 Å². The van der Waals surface area contributed by atoms with Crippen molar-refractivity contribution < 1.29 is 22.3 Å². The Kier molecular flexibility index (Phi) is 4.76. The quantitative estimate of drug-likeness (QED) is 0.790. The standard InChI is InChI=1S/C9H12F4N4O/c1-2-5-15-6(17-8(14)16-5)3-18-4-9(12,13)7(10)11/h7H,2-4H2,1H3,(H2,14,15,16,17). The highest BCUT2D eigenvalue weighted by Crippen LogP contribution is 2.23. The Morgan fingerprint density at radius 3 is 2.39 bits per heavy atom. The molecule has 9 heteroatoms. The third-order valence-electron chi connectivity index (χ3n) is 1.91. The average Bonchev–Trinajstić information content (AvgIpc) is 2.27. The molecule has 0 aliphatic carbocycles. The van der Waals surface area contributed by atoms with E-state index in [0.29, 0.717) is 12.2 Å². The number of hydrogen-bond acceptors (Lipinski definition) is 5. The van der Waals surface area contributed by atoms with Crippen molar-refractivity contribution in [2.45, 2.75) is 32.3 Å². The summed E-state index contributed by atoms with van der Waals surface area (Å²) in [6.07, 6.45) is -3.29. The maximum atomic E-state index is 12.5. The lowest BCUT2D eigenvalue weighted by Crippen LogP contribution is -2.32. The first-order chi connectivity index (χ1) is 8.35. The monoisotopic (exact) mass is 268 g/mol. The molecule has 1 rings (SSSR count). The molecule has 0 unspecified atom stereocenters. The summed E-state index contributed by atoms with van der Waals surface area (Å²) in [6, 6.07) is 0. The molecule has 0 spiro atoms. The summed E-state index contributed by atoms with van der Waals surface area (Å²) >= 11 is 0. The van der Waals surface area contributed by atoms with Crippen LogP contribution in [0.3, 0.4) is 0 Å². The fourth-order valence-electron chi connectivity index (χ4n) is 1.05. The Morgan fingerprint density at radius 2 is 1.83 bits per heavy atom. The second kappa shape index (κ2) is 5.89. The molecule has 0 saturated heterocycles. The van der Waals surface area contributed by atoms with Gasteiger partial charge in [0.25, 0.3) is 0 Å². The van der Waals surface area contributed by atoms with Crippen molar-refractivity contribution in [2.75, 3.05) is 12.3 Å². The van der Waals surface area contributed by atoms with Gasteiger partial charge in [-0.05, 0) is 0 Å². The number of nitrogen functional groups attached to an aromatic ring is 1. The Hall–Kier alpha value is -1.51. The molecule has 1 heterocycles. The number of aryl methyl sites for hydroxylation is 1. The summed E-state index contributed by atoms with van der Waals surface area (Å²) in [4.78, 5) is 11.3. The van der Waals surface area contributed by atoms with Crippen molar-refractivity contribution in [1.82, 2.24) is 15.0 Å². The van der Waals surface area contributed by atoms with E-state index in [2.05, 4.69) is 19.7 Å². The van der Waals surface area contributed by atoms with Crippen LogP contribution >= 0.6 is 0 Å². The Labute approximate surface area is 100 Å². The van der Waals surface area contributed by atoms with Crippen molar-refractivity contribution in [3.63, 3.8) is 0 Å². The van der Waals surface area contributed by atoms with Crippen LogP contribution in [0, 0.1) is 0 Å². The van der Waals surface area contributed by atoms with Gasteiger partial charge in [-0.1, -0.05) is 6.92 Å². The molecule has 0 aliphatic rings. The number of nitrogens with two attached hydrogens (primary N) is 1. The summed E-state index contributed by atoms with van der Waals surface area (Å²) in [5.41, 5.74) is 5.35. The highest BCUT2D eigenvalue weighted by Gasteiger charge is 2.41. The zero-order valence-electron chi connectivity index (χ0n) is 9.54. The lowest BCUT2D eigenvalue weighted by Gasteiger charge is -2.14. The minimum absolute atomic E-state index is 0.0319. The molecule has 18 heavy (non-hydrogen) atoms. The highest BCUT2D eigenvalue weighted by atomic mass is 19.3. The van der Waals surface area contributed by atoms with Crippen molar-refractivity contribution in [3.8, 4) is 0 Å². The molecule has 0 radical (unpaired) electrons. The van der Waals surface area contributed by atoms with Gasteiger partial charge in [-0.15, -0.1) is 0 Å². The first-order valence-electron chi connectivity index (χ1n) is 5.08. The summed E-state index contributed by atoms with van der Waals surface area (Å²) in [5.74, 6) is -3.85. The number of nitrogens with zero attached hydrogens (tertiary/aromatic N) is 3. The molecule has 1 aromatic rings. The predicted octanol–water partition coefficient (Wildman–Crippen LogP) is 1.43. The van der Waals surface area contributed by atoms with Gasteiger partial charge in [0.1, 0.15) is 19.0 Å². The van der Waals surface area contributed by atoms with Crippen molar-refractivity contribution in [3.05, 3.63) is 11.6 Å². The van der Waals surface area contributed by atoms with E-state index in [4.69, 9.17) is 5.73 Å². The second-order valence-corrected chi connectivity index (χ2v) is 3.43. The van der Waals surface area contributed by atoms with Crippen LogP contribution in [0.25, 0.3) is 0 Å². The van der Waals surface area contributed by atoms with Gasteiger partial charge in [0.05, 0.1) is 0 Å². The normalized spacial score (nSPS) is 12.1. The first-order valence-corrected chi connectivity index (χ1v) is 5.08. The van der Waals surface area contributed by atoms with Crippen molar-refractivity contribution in [1.29, 1.82) is 0 Å². The SMILES string of the molecule is CCc1nc(N)nc(COCC(F)(F)C(F)F)n1. The van der Waals surface area contributed by atoms with Crippen LogP contribution in [-0.2, 0) is 17.8 Å². The van der Waals surface area contributed by atoms with Gasteiger partial charge in [0.15, 0.2) is 5.82 Å². The zero-order chi connectivity index (χ0) is 13.8. The molecular formula is C9H12F4N4O. The smallest absolute Gasteiger partial charge is 0.330 e. The Bertz CT molecular complexity index is 402. The van der Waals surface area contributed by atoms with Crippen LogP contribution < -0.4 is 5.73 Å². The van der Waals surface area contributed by atoms with Gasteiger partial charge in [-0.3, -0.25) is 0 Å². The molecule has 0 fully saturated rings. The maximum absolute atomic E-state index is 12.5. The van der Waals surface area contributed by atoms with E-state index >= 15 is 0 Å². The van der Waals surface area contributed by atoms with E-state index in [1.54, 1.807) is 6.92 Å². The number of aromatic nitrogens is 3. The molecule has 0 saturated carbocycles. The Morgan fingerprint density at radius 1 is 1.22 bits per heavy atom. The number of hydrogen-bond donors (Lipinski definition) is 1. The minimum Gasteiger partial charge on any atom is -0.368 e. The lowest BCUT2D eigenvalue weighted by atomic mass is 10.4. The molecule has 0 aliphatic heterocycles. The van der Waals surface area contributed by atoms with E-state index in [-0.39, 0.29) is 11.8 Å². The fraction of sp³-hybridized carbons (Fsp3) is 0.667. The molecule has 1 aromatic heterocycles. The van der Waals surface area contributed by atoms with Crippen LogP contribution in [0.1, 0.15) is 18.6 Å². The molecule has 102 valence electrons. The van der Waals surface area contributed by atoms with Gasteiger partial charge in [-0.2, -0.15) is 18.7 Å². The van der Waals surface area contributed by atoms with Gasteiger partial charge in [0.2, 0.25) is 5.95 Å². The summed E-state index contributed by atoms with van der Waals surface area (Å²) in [7, 11) is 0. The van der Waals surface area contributed by atoms with Gasteiger partial charge in [0, 0.05) is 6.42 Å². The average molecular weight is 268 g/mol. The predicted molar refractivity (Wildman–Crippen MR) is 54.2 cm³/mol.